The smallest absolute Gasteiger partial charge is 0.154 e. The summed E-state index contributed by atoms with van der Waals surface area (Å²) < 4.78 is 5.28. The molecule has 0 aromatic heterocycles. The Morgan fingerprint density at radius 3 is 2.57 bits per heavy atom. The summed E-state index contributed by atoms with van der Waals surface area (Å²) in [7, 11) is 1.57. The highest BCUT2D eigenvalue weighted by atomic mass is 16.5. The van der Waals surface area contributed by atoms with Gasteiger partial charge in [-0.3, -0.25) is 4.79 Å². The predicted molar refractivity (Wildman–Crippen MR) is 82.2 cm³/mol. The molecule has 1 saturated carbocycles. The van der Waals surface area contributed by atoms with Crippen molar-refractivity contribution < 1.29 is 9.53 Å². The summed E-state index contributed by atoms with van der Waals surface area (Å²) in [4.78, 5) is 12.5. The maximum atomic E-state index is 12.5. The first-order valence-corrected chi connectivity index (χ1v) is 7.81. The van der Waals surface area contributed by atoms with E-state index in [2.05, 4.69) is 6.07 Å². The highest BCUT2D eigenvalue weighted by Gasteiger charge is 2.26. The minimum atomic E-state index is -0.704. The SMILES string of the molecule is COc1ccccc1C(C#N)C(=O)CC1CCCCCC1. The molecule has 0 N–H and O–H groups in total. The molecule has 0 spiro atoms. The molecule has 1 unspecified atom stereocenters. The molecular formula is C18H23NO2. The number of Topliss-reactive ketones (excluding diaryl/α,β-unsaturated/α-hetero) is 1. The number of carbonyl (C=O) groups is 1. The molecule has 0 saturated heterocycles. The van der Waals surface area contributed by atoms with Crippen LogP contribution in [0, 0.1) is 17.2 Å². The van der Waals surface area contributed by atoms with Crippen LogP contribution in [0.3, 0.4) is 0 Å². The Kier molecular flexibility index (Phi) is 5.80. The second kappa shape index (κ2) is 7.83. The van der Waals surface area contributed by atoms with Gasteiger partial charge in [-0.25, -0.2) is 0 Å². The van der Waals surface area contributed by atoms with Crippen LogP contribution < -0.4 is 4.74 Å². The van der Waals surface area contributed by atoms with Gasteiger partial charge in [-0.2, -0.15) is 5.26 Å². The van der Waals surface area contributed by atoms with Gasteiger partial charge in [-0.15, -0.1) is 0 Å². The number of para-hydroxylation sites is 1. The fourth-order valence-electron chi connectivity index (χ4n) is 3.19. The molecule has 1 aromatic rings. The molecule has 3 nitrogen and oxygen atoms in total. The standard InChI is InChI=1S/C18H23NO2/c1-21-18-11-7-6-10-15(18)16(13-19)17(20)12-14-8-4-2-3-5-9-14/h6-7,10-11,14,16H,2-5,8-9,12H2,1H3. The summed E-state index contributed by atoms with van der Waals surface area (Å²) in [5, 5.41) is 9.43. The Bertz CT molecular complexity index is 510. The third-order valence-corrected chi connectivity index (χ3v) is 4.37. The lowest BCUT2D eigenvalue weighted by atomic mass is 9.86. The van der Waals surface area contributed by atoms with Gasteiger partial charge in [0.2, 0.25) is 0 Å². The van der Waals surface area contributed by atoms with Crippen LogP contribution in [0.5, 0.6) is 5.75 Å². The van der Waals surface area contributed by atoms with Crippen molar-refractivity contribution in [3.05, 3.63) is 29.8 Å². The van der Waals surface area contributed by atoms with Crippen LogP contribution in [-0.4, -0.2) is 12.9 Å². The number of nitriles is 1. The molecule has 3 heteroatoms. The van der Waals surface area contributed by atoms with E-state index in [1.54, 1.807) is 13.2 Å². The highest BCUT2D eigenvalue weighted by Crippen LogP contribution is 2.31. The van der Waals surface area contributed by atoms with E-state index in [9.17, 15) is 10.1 Å². The van der Waals surface area contributed by atoms with Crippen molar-refractivity contribution >= 4 is 5.78 Å². The predicted octanol–water partition coefficient (Wildman–Crippen LogP) is 4.23. The molecular weight excluding hydrogens is 262 g/mol. The van der Waals surface area contributed by atoms with E-state index in [4.69, 9.17) is 4.74 Å². The van der Waals surface area contributed by atoms with E-state index in [0.717, 1.165) is 12.8 Å². The van der Waals surface area contributed by atoms with E-state index in [1.807, 2.05) is 18.2 Å². The van der Waals surface area contributed by atoms with Crippen molar-refractivity contribution in [3.8, 4) is 11.8 Å². The molecule has 0 amide bonds. The highest BCUT2D eigenvalue weighted by molar-refractivity contribution is 5.89. The van der Waals surface area contributed by atoms with Gasteiger partial charge in [0.05, 0.1) is 13.2 Å². The number of hydrogen-bond donors (Lipinski definition) is 0. The first-order valence-electron chi connectivity index (χ1n) is 7.81. The van der Waals surface area contributed by atoms with Crippen LogP contribution in [-0.2, 0) is 4.79 Å². The van der Waals surface area contributed by atoms with Gasteiger partial charge in [-0.1, -0.05) is 56.7 Å². The van der Waals surface area contributed by atoms with Crippen molar-refractivity contribution in [3.63, 3.8) is 0 Å². The van der Waals surface area contributed by atoms with Gasteiger partial charge in [0.25, 0.3) is 0 Å². The van der Waals surface area contributed by atoms with E-state index in [1.165, 1.54) is 25.7 Å². The Morgan fingerprint density at radius 2 is 1.95 bits per heavy atom. The minimum Gasteiger partial charge on any atom is -0.496 e. The van der Waals surface area contributed by atoms with Gasteiger partial charge in [0, 0.05) is 12.0 Å². The van der Waals surface area contributed by atoms with Crippen LogP contribution in [0.2, 0.25) is 0 Å². The Morgan fingerprint density at radius 1 is 1.29 bits per heavy atom. The van der Waals surface area contributed by atoms with Gasteiger partial charge in [0.1, 0.15) is 11.7 Å². The number of benzene rings is 1. The summed E-state index contributed by atoms with van der Waals surface area (Å²) in [6, 6.07) is 9.49. The van der Waals surface area contributed by atoms with Crippen molar-refractivity contribution in [1.82, 2.24) is 0 Å². The molecule has 21 heavy (non-hydrogen) atoms. The molecule has 1 fully saturated rings. The fourth-order valence-corrected chi connectivity index (χ4v) is 3.19. The van der Waals surface area contributed by atoms with Crippen molar-refractivity contribution in [2.75, 3.05) is 7.11 Å². The van der Waals surface area contributed by atoms with Gasteiger partial charge in [0.15, 0.2) is 5.78 Å². The molecule has 0 heterocycles. The molecule has 1 aromatic carbocycles. The zero-order chi connectivity index (χ0) is 15.1. The second-order valence-electron chi connectivity index (χ2n) is 5.83. The van der Waals surface area contributed by atoms with E-state index in [-0.39, 0.29) is 5.78 Å². The number of ketones is 1. The molecule has 0 bridgehead atoms. The Hall–Kier alpha value is -1.82. The zero-order valence-corrected chi connectivity index (χ0v) is 12.7. The van der Waals surface area contributed by atoms with Crippen LogP contribution in [0.4, 0.5) is 0 Å². The van der Waals surface area contributed by atoms with Gasteiger partial charge in [-0.05, 0) is 12.0 Å². The fraction of sp³-hybridized carbons (Fsp3) is 0.556. The average molecular weight is 285 g/mol. The first kappa shape index (κ1) is 15.6. The van der Waals surface area contributed by atoms with E-state index < -0.39 is 5.92 Å². The maximum absolute atomic E-state index is 12.5. The van der Waals surface area contributed by atoms with Crippen molar-refractivity contribution in [1.29, 1.82) is 5.26 Å². The number of rotatable bonds is 5. The molecule has 1 aliphatic carbocycles. The molecule has 0 aliphatic heterocycles. The van der Waals surface area contributed by atoms with Gasteiger partial charge >= 0.3 is 0 Å². The third-order valence-electron chi connectivity index (χ3n) is 4.37. The second-order valence-corrected chi connectivity index (χ2v) is 5.83. The zero-order valence-electron chi connectivity index (χ0n) is 12.7. The molecule has 112 valence electrons. The minimum absolute atomic E-state index is 0.0360. The summed E-state index contributed by atoms with van der Waals surface area (Å²) in [6.45, 7) is 0. The molecule has 0 radical (unpaired) electrons. The summed E-state index contributed by atoms with van der Waals surface area (Å²) in [5.41, 5.74) is 0.695. The maximum Gasteiger partial charge on any atom is 0.154 e. The lowest BCUT2D eigenvalue weighted by Gasteiger charge is -2.17. The van der Waals surface area contributed by atoms with Crippen molar-refractivity contribution in [2.45, 2.75) is 50.9 Å². The normalized spacial score (nSPS) is 17.5. The molecule has 1 atom stereocenters. The number of ether oxygens (including phenoxy) is 1. The van der Waals surface area contributed by atoms with Crippen LogP contribution in [0.1, 0.15) is 56.4 Å². The van der Waals surface area contributed by atoms with Crippen LogP contribution >= 0.6 is 0 Å². The number of nitrogens with zero attached hydrogens (tertiary/aromatic N) is 1. The lowest BCUT2D eigenvalue weighted by Crippen LogP contribution is -2.16. The topological polar surface area (TPSA) is 50.1 Å². The monoisotopic (exact) mass is 285 g/mol. The van der Waals surface area contributed by atoms with E-state index >= 15 is 0 Å². The van der Waals surface area contributed by atoms with Crippen LogP contribution in [0.15, 0.2) is 24.3 Å². The first-order chi connectivity index (χ1) is 10.3. The number of hydrogen-bond acceptors (Lipinski definition) is 3. The quantitative estimate of drug-likeness (QED) is 0.761. The van der Waals surface area contributed by atoms with Crippen LogP contribution in [0.25, 0.3) is 0 Å². The number of methoxy groups -OCH3 is 1. The van der Waals surface area contributed by atoms with Gasteiger partial charge < -0.3 is 4.74 Å². The molecule has 2 rings (SSSR count). The summed E-state index contributed by atoms with van der Waals surface area (Å²) in [6.07, 6.45) is 7.74. The van der Waals surface area contributed by atoms with Crippen molar-refractivity contribution in [2.24, 2.45) is 5.92 Å². The lowest BCUT2D eigenvalue weighted by molar-refractivity contribution is -0.120. The third kappa shape index (κ3) is 4.07. The number of carbonyl (C=O) groups excluding carboxylic acids is 1. The largest absolute Gasteiger partial charge is 0.496 e. The molecule has 1 aliphatic rings. The summed E-state index contributed by atoms with van der Waals surface area (Å²) >= 11 is 0. The Balaban J connectivity index is 2.09. The summed E-state index contributed by atoms with van der Waals surface area (Å²) in [5.74, 6) is 0.405. The average Bonchev–Trinajstić information content (AvgIpc) is 2.77. The Labute approximate surface area is 126 Å². The van der Waals surface area contributed by atoms with E-state index in [0.29, 0.717) is 23.7 Å².